The third-order valence-corrected chi connectivity index (χ3v) is 5.20. The van der Waals surface area contributed by atoms with E-state index in [1.165, 1.54) is 19.4 Å². The average Bonchev–Trinajstić information content (AvgIpc) is 3.23. The van der Waals surface area contributed by atoms with Crippen LogP contribution < -0.4 is 4.90 Å². The lowest BCUT2D eigenvalue weighted by Crippen LogP contribution is -2.50. The highest BCUT2D eigenvalue weighted by Gasteiger charge is 2.39. The molecule has 2 atom stereocenters. The van der Waals surface area contributed by atoms with Gasteiger partial charge in [0.1, 0.15) is 5.82 Å². The minimum atomic E-state index is 0.212. The second-order valence-electron chi connectivity index (χ2n) is 6.55. The number of anilines is 1. The zero-order valence-corrected chi connectivity index (χ0v) is 14.2. The lowest BCUT2D eigenvalue weighted by molar-refractivity contribution is -0.131. The first kappa shape index (κ1) is 16.2. The van der Waals surface area contributed by atoms with Crippen LogP contribution in [0, 0.1) is 0 Å². The third kappa shape index (κ3) is 3.47. The molecule has 3 rings (SSSR count). The molecule has 3 heterocycles. The van der Waals surface area contributed by atoms with Crippen molar-refractivity contribution in [2.24, 2.45) is 0 Å². The van der Waals surface area contributed by atoms with Gasteiger partial charge in [-0.05, 0) is 38.8 Å². The van der Waals surface area contributed by atoms with Crippen molar-refractivity contribution in [2.45, 2.75) is 44.7 Å². The van der Waals surface area contributed by atoms with Crippen LogP contribution >= 0.6 is 0 Å². The number of aromatic nitrogens is 2. The van der Waals surface area contributed by atoms with Crippen LogP contribution in [0.1, 0.15) is 32.6 Å². The van der Waals surface area contributed by atoms with Crippen LogP contribution in [0.25, 0.3) is 0 Å². The van der Waals surface area contributed by atoms with Crippen molar-refractivity contribution in [1.82, 2.24) is 19.8 Å². The van der Waals surface area contributed by atoms with E-state index in [0.717, 1.165) is 31.7 Å². The molecular weight excluding hydrogens is 290 g/mol. The van der Waals surface area contributed by atoms with Gasteiger partial charge in [-0.15, -0.1) is 0 Å². The SMILES string of the molecule is CCN1CCCC1C1CCCN1C(=O)CN(C)c1cnccn1. The van der Waals surface area contributed by atoms with E-state index in [9.17, 15) is 4.79 Å². The highest BCUT2D eigenvalue weighted by molar-refractivity contribution is 5.81. The maximum atomic E-state index is 12.8. The summed E-state index contributed by atoms with van der Waals surface area (Å²) in [5, 5.41) is 0. The first-order valence-electron chi connectivity index (χ1n) is 8.71. The Labute approximate surface area is 138 Å². The van der Waals surface area contributed by atoms with Crippen molar-refractivity contribution in [3.05, 3.63) is 18.6 Å². The fourth-order valence-electron chi connectivity index (χ4n) is 4.05. The lowest BCUT2D eigenvalue weighted by atomic mass is 10.0. The molecule has 1 aromatic rings. The van der Waals surface area contributed by atoms with Gasteiger partial charge in [0.15, 0.2) is 0 Å². The van der Waals surface area contributed by atoms with Gasteiger partial charge in [-0.1, -0.05) is 6.92 Å². The number of rotatable bonds is 5. The van der Waals surface area contributed by atoms with Gasteiger partial charge in [0.2, 0.25) is 5.91 Å². The summed E-state index contributed by atoms with van der Waals surface area (Å²) in [4.78, 5) is 27.7. The summed E-state index contributed by atoms with van der Waals surface area (Å²) in [5.74, 6) is 0.955. The van der Waals surface area contributed by atoms with Crippen molar-refractivity contribution >= 4 is 11.7 Å². The van der Waals surface area contributed by atoms with Gasteiger partial charge in [0.05, 0.1) is 12.7 Å². The molecule has 6 nitrogen and oxygen atoms in total. The Morgan fingerprint density at radius 1 is 1.26 bits per heavy atom. The third-order valence-electron chi connectivity index (χ3n) is 5.20. The molecule has 0 saturated carbocycles. The molecule has 2 aliphatic rings. The van der Waals surface area contributed by atoms with Crippen LogP contribution in [-0.2, 0) is 4.79 Å². The summed E-state index contributed by atoms with van der Waals surface area (Å²) in [6.45, 7) is 5.75. The zero-order chi connectivity index (χ0) is 16.2. The Kier molecular flexibility index (Phi) is 5.10. The van der Waals surface area contributed by atoms with Crippen LogP contribution in [0.15, 0.2) is 18.6 Å². The molecule has 0 N–H and O–H groups in total. The molecule has 1 amide bonds. The molecule has 23 heavy (non-hydrogen) atoms. The average molecular weight is 317 g/mol. The first-order valence-corrected chi connectivity index (χ1v) is 8.71. The van der Waals surface area contributed by atoms with Gasteiger partial charge in [0.25, 0.3) is 0 Å². The van der Waals surface area contributed by atoms with Gasteiger partial charge in [0, 0.05) is 38.1 Å². The zero-order valence-electron chi connectivity index (χ0n) is 14.2. The molecular formula is C17H27N5O. The number of hydrogen-bond acceptors (Lipinski definition) is 5. The van der Waals surface area contributed by atoms with Crippen molar-refractivity contribution < 1.29 is 4.79 Å². The van der Waals surface area contributed by atoms with Gasteiger partial charge in [-0.3, -0.25) is 14.7 Å². The Balaban J connectivity index is 1.64. The lowest BCUT2D eigenvalue weighted by Gasteiger charge is -2.35. The van der Waals surface area contributed by atoms with Crippen molar-refractivity contribution in [3.8, 4) is 0 Å². The predicted molar refractivity (Wildman–Crippen MR) is 90.3 cm³/mol. The number of likely N-dealkylation sites (tertiary alicyclic amines) is 2. The fraction of sp³-hybridized carbons (Fsp3) is 0.706. The molecule has 2 fully saturated rings. The minimum absolute atomic E-state index is 0.212. The van der Waals surface area contributed by atoms with E-state index in [4.69, 9.17) is 0 Å². The van der Waals surface area contributed by atoms with E-state index in [0.29, 0.717) is 18.6 Å². The van der Waals surface area contributed by atoms with Crippen molar-refractivity contribution in [3.63, 3.8) is 0 Å². The number of carbonyl (C=O) groups excluding carboxylic acids is 1. The monoisotopic (exact) mass is 317 g/mol. The normalized spacial score (nSPS) is 25.0. The smallest absolute Gasteiger partial charge is 0.242 e. The van der Waals surface area contributed by atoms with Crippen molar-refractivity contribution in [2.75, 3.05) is 38.1 Å². The van der Waals surface area contributed by atoms with Gasteiger partial charge in [-0.2, -0.15) is 0 Å². The first-order chi connectivity index (χ1) is 11.2. The second-order valence-corrected chi connectivity index (χ2v) is 6.55. The number of hydrogen-bond donors (Lipinski definition) is 0. The maximum absolute atomic E-state index is 12.8. The molecule has 0 radical (unpaired) electrons. The van der Waals surface area contributed by atoms with Gasteiger partial charge < -0.3 is 9.80 Å². The second kappa shape index (κ2) is 7.25. The molecule has 2 aliphatic heterocycles. The molecule has 0 aliphatic carbocycles. The van der Waals surface area contributed by atoms with Crippen LogP contribution in [-0.4, -0.2) is 71.0 Å². The van der Waals surface area contributed by atoms with E-state index in [1.54, 1.807) is 18.6 Å². The van der Waals surface area contributed by atoms with E-state index < -0.39 is 0 Å². The summed E-state index contributed by atoms with van der Waals surface area (Å²) in [7, 11) is 1.90. The van der Waals surface area contributed by atoms with Crippen LogP contribution in [0.3, 0.4) is 0 Å². The molecule has 2 unspecified atom stereocenters. The topological polar surface area (TPSA) is 52.6 Å². The Morgan fingerprint density at radius 2 is 2.04 bits per heavy atom. The quantitative estimate of drug-likeness (QED) is 0.821. The molecule has 126 valence electrons. The molecule has 6 heteroatoms. The van der Waals surface area contributed by atoms with E-state index in [-0.39, 0.29) is 5.91 Å². The van der Waals surface area contributed by atoms with Gasteiger partial charge >= 0.3 is 0 Å². The Bertz CT molecular complexity index is 523. The summed E-state index contributed by atoms with van der Waals surface area (Å²) < 4.78 is 0. The number of likely N-dealkylation sites (N-methyl/N-ethyl adjacent to an activating group) is 2. The predicted octanol–water partition coefficient (Wildman–Crippen LogP) is 1.39. The number of amides is 1. The Morgan fingerprint density at radius 3 is 2.78 bits per heavy atom. The molecule has 0 aromatic carbocycles. The van der Waals surface area contributed by atoms with Crippen molar-refractivity contribution in [1.29, 1.82) is 0 Å². The van der Waals surface area contributed by atoms with Crippen LogP contribution in [0.2, 0.25) is 0 Å². The van der Waals surface area contributed by atoms with E-state index in [1.807, 2.05) is 11.9 Å². The standard InChI is InChI=1S/C17H27N5O/c1-3-21-10-4-6-14(21)15-7-5-11-22(15)17(23)13-20(2)16-12-18-8-9-19-16/h8-9,12,14-15H,3-7,10-11,13H2,1-2H3. The summed E-state index contributed by atoms with van der Waals surface area (Å²) in [6.07, 6.45) is 9.76. The Hall–Kier alpha value is -1.69. The van der Waals surface area contributed by atoms with Gasteiger partial charge in [-0.25, -0.2) is 4.98 Å². The highest BCUT2D eigenvalue weighted by Crippen LogP contribution is 2.30. The largest absolute Gasteiger partial charge is 0.349 e. The highest BCUT2D eigenvalue weighted by atomic mass is 16.2. The molecule has 0 bridgehead atoms. The summed E-state index contributed by atoms with van der Waals surface area (Å²) in [5.41, 5.74) is 0. The maximum Gasteiger partial charge on any atom is 0.242 e. The van der Waals surface area contributed by atoms with E-state index in [2.05, 4.69) is 26.7 Å². The van der Waals surface area contributed by atoms with Crippen LogP contribution in [0.5, 0.6) is 0 Å². The van der Waals surface area contributed by atoms with Crippen LogP contribution in [0.4, 0.5) is 5.82 Å². The summed E-state index contributed by atoms with van der Waals surface area (Å²) in [6, 6.07) is 0.938. The fourth-order valence-corrected chi connectivity index (χ4v) is 4.05. The minimum Gasteiger partial charge on any atom is -0.349 e. The molecule has 1 aromatic heterocycles. The van der Waals surface area contributed by atoms with E-state index >= 15 is 0 Å². The molecule has 2 saturated heterocycles. The molecule has 0 spiro atoms. The number of carbonyl (C=O) groups is 1. The summed E-state index contributed by atoms with van der Waals surface area (Å²) >= 11 is 0. The number of nitrogens with zero attached hydrogens (tertiary/aromatic N) is 5.